The van der Waals surface area contributed by atoms with Crippen molar-refractivity contribution in [2.45, 2.75) is 43.4 Å². The standard InChI is InChI=1S/C13H25NO3S/c1-4-14-13(12(15)17-3)7-6-11(10-13)18-9-5-8-16-2/h11,14H,4-10H2,1-3H3. The van der Waals surface area contributed by atoms with Gasteiger partial charge < -0.3 is 14.8 Å². The number of hydrogen-bond donors (Lipinski definition) is 1. The van der Waals surface area contributed by atoms with Crippen LogP contribution in [0.15, 0.2) is 0 Å². The predicted molar refractivity (Wildman–Crippen MR) is 75.0 cm³/mol. The zero-order valence-corrected chi connectivity index (χ0v) is 12.5. The Hall–Kier alpha value is -0.260. The normalized spacial score (nSPS) is 27.4. The first-order valence-corrected chi connectivity index (χ1v) is 7.67. The Bertz CT molecular complexity index is 263. The first kappa shape index (κ1) is 15.8. The van der Waals surface area contributed by atoms with E-state index in [2.05, 4.69) is 5.32 Å². The van der Waals surface area contributed by atoms with Crippen LogP contribution in [0.4, 0.5) is 0 Å². The van der Waals surface area contributed by atoms with E-state index in [1.165, 1.54) is 7.11 Å². The van der Waals surface area contributed by atoms with Gasteiger partial charge in [-0.15, -0.1) is 0 Å². The Morgan fingerprint density at radius 2 is 2.28 bits per heavy atom. The van der Waals surface area contributed by atoms with Crippen LogP contribution < -0.4 is 5.32 Å². The minimum atomic E-state index is -0.442. The van der Waals surface area contributed by atoms with Crippen LogP contribution in [-0.2, 0) is 14.3 Å². The Morgan fingerprint density at radius 1 is 1.50 bits per heavy atom. The van der Waals surface area contributed by atoms with Gasteiger partial charge in [0.05, 0.1) is 7.11 Å². The van der Waals surface area contributed by atoms with Gasteiger partial charge in [0, 0.05) is 19.0 Å². The van der Waals surface area contributed by atoms with Gasteiger partial charge in [-0.3, -0.25) is 4.79 Å². The third-order valence-corrected chi connectivity index (χ3v) is 4.81. The van der Waals surface area contributed by atoms with Crippen LogP contribution in [0, 0.1) is 0 Å². The van der Waals surface area contributed by atoms with Crippen molar-refractivity contribution in [3.05, 3.63) is 0 Å². The predicted octanol–water partition coefficient (Wildman–Crippen LogP) is 1.83. The SMILES string of the molecule is CCNC1(C(=O)OC)CCC(SCCCOC)C1. The lowest BCUT2D eigenvalue weighted by Crippen LogP contribution is -2.50. The van der Waals surface area contributed by atoms with Crippen molar-refractivity contribution >= 4 is 17.7 Å². The summed E-state index contributed by atoms with van der Waals surface area (Å²) in [6, 6.07) is 0. The molecular weight excluding hydrogens is 250 g/mol. The monoisotopic (exact) mass is 275 g/mol. The summed E-state index contributed by atoms with van der Waals surface area (Å²) in [7, 11) is 3.20. The van der Waals surface area contributed by atoms with Gasteiger partial charge in [0.1, 0.15) is 5.54 Å². The molecule has 0 aromatic carbocycles. The molecule has 0 radical (unpaired) electrons. The Labute approximate surface area is 114 Å². The number of rotatable bonds is 8. The van der Waals surface area contributed by atoms with Gasteiger partial charge in [-0.2, -0.15) is 11.8 Å². The zero-order chi connectivity index (χ0) is 13.4. The molecule has 1 saturated carbocycles. The highest BCUT2D eigenvalue weighted by Crippen LogP contribution is 2.38. The van der Waals surface area contributed by atoms with Gasteiger partial charge in [0.2, 0.25) is 0 Å². The minimum absolute atomic E-state index is 0.107. The molecule has 0 bridgehead atoms. The van der Waals surface area contributed by atoms with Crippen molar-refractivity contribution in [1.29, 1.82) is 0 Å². The first-order chi connectivity index (χ1) is 8.68. The van der Waals surface area contributed by atoms with E-state index in [0.717, 1.165) is 44.6 Å². The third-order valence-electron chi connectivity index (χ3n) is 3.41. The van der Waals surface area contributed by atoms with E-state index in [-0.39, 0.29) is 5.97 Å². The van der Waals surface area contributed by atoms with Crippen molar-refractivity contribution in [3.8, 4) is 0 Å². The van der Waals surface area contributed by atoms with E-state index in [4.69, 9.17) is 9.47 Å². The van der Waals surface area contributed by atoms with Gasteiger partial charge in [-0.25, -0.2) is 0 Å². The average molecular weight is 275 g/mol. The molecule has 18 heavy (non-hydrogen) atoms. The number of esters is 1. The van der Waals surface area contributed by atoms with Crippen LogP contribution in [-0.4, -0.2) is 49.9 Å². The van der Waals surface area contributed by atoms with E-state index < -0.39 is 5.54 Å². The van der Waals surface area contributed by atoms with Crippen molar-refractivity contribution in [2.24, 2.45) is 0 Å². The minimum Gasteiger partial charge on any atom is -0.468 e. The molecule has 0 aliphatic heterocycles. The smallest absolute Gasteiger partial charge is 0.326 e. The second kappa shape index (κ2) is 8.02. The molecule has 1 aliphatic rings. The van der Waals surface area contributed by atoms with Gasteiger partial charge in [0.15, 0.2) is 0 Å². The van der Waals surface area contributed by atoms with Crippen LogP contribution in [0.2, 0.25) is 0 Å². The molecule has 0 aromatic rings. The number of nitrogens with one attached hydrogen (secondary N) is 1. The summed E-state index contributed by atoms with van der Waals surface area (Å²) in [5.41, 5.74) is -0.442. The molecular formula is C13H25NO3S. The largest absolute Gasteiger partial charge is 0.468 e. The molecule has 1 fully saturated rings. The molecule has 0 saturated heterocycles. The molecule has 1 rings (SSSR count). The third kappa shape index (κ3) is 4.14. The van der Waals surface area contributed by atoms with Crippen LogP contribution in [0.5, 0.6) is 0 Å². The summed E-state index contributed by atoms with van der Waals surface area (Å²) in [6.45, 7) is 3.65. The number of methoxy groups -OCH3 is 2. The van der Waals surface area contributed by atoms with E-state index in [1.807, 2.05) is 18.7 Å². The Kier molecular flexibility index (Phi) is 7.04. The molecule has 1 aliphatic carbocycles. The molecule has 106 valence electrons. The van der Waals surface area contributed by atoms with E-state index in [0.29, 0.717) is 5.25 Å². The first-order valence-electron chi connectivity index (χ1n) is 6.62. The number of ether oxygens (including phenoxy) is 2. The lowest BCUT2D eigenvalue weighted by molar-refractivity contribution is -0.148. The molecule has 0 spiro atoms. The number of likely N-dealkylation sites (N-methyl/N-ethyl adjacent to an activating group) is 1. The average Bonchev–Trinajstić information content (AvgIpc) is 2.79. The quantitative estimate of drug-likeness (QED) is 0.541. The van der Waals surface area contributed by atoms with Crippen molar-refractivity contribution in [2.75, 3.05) is 33.1 Å². The lowest BCUT2D eigenvalue weighted by Gasteiger charge is -2.27. The fourth-order valence-corrected chi connectivity index (χ4v) is 3.85. The second-order valence-electron chi connectivity index (χ2n) is 4.69. The van der Waals surface area contributed by atoms with Crippen LogP contribution >= 0.6 is 11.8 Å². The fourth-order valence-electron chi connectivity index (χ4n) is 2.55. The van der Waals surface area contributed by atoms with Gasteiger partial charge >= 0.3 is 5.97 Å². The molecule has 2 unspecified atom stereocenters. The number of carbonyl (C=O) groups is 1. The maximum Gasteiger partial charge on any atom is 0.326 e. The van der Waals surface area contributed by atoms with Gasteiger partial charge in [0.25, 0.3) is 0 Å². The maximum atomic E-state index is 11.9. The summed E-state index contributed by atoms with van der Waals surface area (Å²) in [6.07, 6.45) is 3.92. The van der Waals surface area contributed by atoms with Crippen LogP contribution in [0.25, 0.3) is 0 Å². The molecule has 4 nitrogen and oxygen atoms in total. The number of hydrogen-bond acceptors (Lipinski definition) is 5. The Balaban J connectivity index is 2.42. The topological polar surface area (TPSA) is 47.6 Å². The van der Waals surface area contributed by atoms with Crippen molar-refractivity contribution in [1.82, 2.24) is 5.32 Å². The number of carbonyl (C=O) groups excluding carboxylic acids is 1. The van der Waals surface area contributed by atoms with Crippen molar-refractivity contribution < 1.29 is 14.3 Å². The van der Waals surface area contributed by atoms with E-state index in [1.54, 1.807) is 7.11 Å². The fraction of sp³-hybridized carbons (Fsp3) is 0.923. The molecule has 0 amide bonds. The zero-order valence-electron chi connectivity index (χ0n) is 11.7. The van der Waals surface area contributed by atoms with E-state index >= 15 is 0 Å². The molecule has 1 N–H and O–H groups in total. The molecule has 0 heterocycles. The number of thioether (sulfide) groups is 1. The van der Waals surface area contributed by atoms with Crippen LogP contribution in [0.3, 0.4) is 0 Å². The lowest BCUT2D eigenvalue weighted by atomic mass is 9.98. The van der Waals surface area contributed by atoms with E-state index in [9.17, 15) is 4.79 Å². The molecule has 5 heteroatoms. The Morgan fingerprint density at radius 3 is 2.89 bits per heavy atom. The summed E-state index contributed by atoms with van der Waals surface area (Å²) in [4.78, 5) is 11.9. The maximum absolute atomic E-state index is 11.9. The van der Waals surface area contributed by atoms with Gasteiger partial charge in [-0.1, -0.05) is 6.92 Å². The highest BCUT2D eigenvalue weighted by molar-refractivity contribution is 7.99. The highest BCUT2D eigenvalue weighted by Gasteiger charge is 2.45. The van der Waals surface area contributed by atoms with Crippen LogP contribution in [0.1, 0.15) is 32.6 Å². The summed E-state index contributed by atoms with van der Waals surface area (Å²) >= 11 is 1.95. The summed E-state index contributed by atoms with van der Waals surface area (Å²) in [5.74, 6) is 0.992. The molecule has 0 aromatic heterocycles. The highest BCUT2D eigenvalue weighted by atomic mass is 32.2. The molecule has 2 atom stereocenters. The summed E-state index contributed by atoms with van der Waals surface area (Å²) < 4.78 is 9.99. The second-order valence-corrected chi connectivity index (χ2v) is 6.09. The van der Waals surface area contributed by atoms with Gasteiger partial charge in [-0.05, 0) is 38.0 Å². The van der Waals surface area contributed by atoms with Crippen molar-refractivity contribution in [3.63, 3.8) is 0 Å². The summed E-state index contributed by atoms with van der Waals surface area (Å²) in [5, 5.41) is 3.88.